The number of rotatable bonds is 5. The molecule has 3 N–H and O–H groups in total. The van der Waals surface area contributed by atoms with Crippen LogP contribution in [0.2, 0.25) is 0 Å². The maximum absolute atomic E-state index is 14.3. The average molecular weight is 450 g/mol. The minimum Gasteiger partial charge on any atom is -0.393 e. The van der Waals surface area contributed by atoms with E-state index in [1.54, 1.807) is 4.57 Å². The lowest BCUT2D eigenvalue weighted by Gasteiger charge is -2.26. The SMILES string of the molecule is [2H]C1C(O)CCC(Nc2ncc3nc(Nc4c(F)cc(F)cc4F)n(C4CCOC4)c3n2)C1[2H]. The predicted molar refractivity (Wildman–Crippen MR) is 111 cm³/mol. The first-order valence-electron chi connectivity index (χ1n) is 11.5. The highest BCUT2D eigenvalue weighted by atomic mass is 19.1. The zero-order valence-electron chi connectivity index (χ0n) is 18.9. The normalized spacial score (nSPS) is 29.1. The molecule has 0 spiro atoms. The first-order valence-corrected chi connectivity index (χ1v) is 10.3. The van der Waals surface area contributed by atoms with E-state index < -0.39 is 48.1 Å². The quantitative estimate of drug-likeness (QED) is 0.546. The fourth-order valence-corrected chi connectivity index (χ4v) is 3.98. The Balaban J connectivity index is 1.51. The Hall–Kier alpha value is -2.92. The second-order valence-electron chi connectivity index (χ2n) is 7.88. The van der Waals surface area contributed by atoms with Gasteiger partial charge in [-0.25, -0.2) is 23.1 Å². The molecule has 2 aromatic heterocycles. The standard InChI is InChI=1S/C21H23F3N6O2/c22-11-7-15(23)18(16(24)8-11)28-21-27-17-9-25-20(26-12-1-3-14(31)4-2-12)29-19(17)30(21)13-5-6-32-10-13/h7-9,12-14,31H,1-6,10H2,(H,27,28)(H,25,26,29)/i1D,3D. The number of nitrogens with one attached hydrogen (secondary N) is 2. The lowest BCUT2D eigenvalue weighted by Crippen LogP contribution is -2.29. The lowest BCUT2D eigenvalue weighted by atomic mass is 9.93. The van der Waals surface area contributed by atoms with Gasteiger partial charge in [0.25, 0.3) is 0 Å². The summed E-state index contributed by atoms with van der Waals surface area (Å²) in [6.07, 6.45) is 0.311. The molecule has 1 aromatic carbocycles. The van der Waals surface area contributed by atoms with E-state index >= 15 is 0 Å². The van der Waals surface area contributed by atoms with Crippen molar-refractivity contribution in [2.45, 2.75) is 50.2 Å². The van der Waals surface area contributed by atoms with E-state index in [2.05, 4.69) is 25.6 Å². The lowest BCUT2D eigenvalue weighted by molar-refractivity contribution is 0.126. The highest BCUT2D eigenvalue weighted by molar-refractivity contribution is 5.76. The van der Waals surface area contributed by atoms with Gasteiger partial charge in [0.2, 0.25) is 11.9 Å². The molecular weight excluding hydrogens is 425 g/mol. The van der Waals surface area contributed by atoms with Crippen LogP contribution >= 0.6 is 0 Å². The molecule has 5 rings (SSSR count). The summed E-state index contributed by atoms with van der Waals surface area (Å²) in [5, 5.41) is 15.5. The molecular formula is C21H23F3N6O2. The third-order valence-electron chi connectivity index (χ3n) is 5.60. The van der Waals surface area contributed by atoms with E-state index in [4.69, 9.17) is 7.48 Å². The fraction of sp³-hybridized carbons (Fsp3) is 0.476. The molecule has 3 heterocycles. The van der Waals surface area contributed by atoms with E-state index in [1.807, 2.05) is 0 Å². The number of aromatic nitrogens is 4. The van der Waals surface area contributed by atoms with Crippen LogP contribution in [0.1, 0.15) is 40.8 Å². The predicted octanol–water partition coefficient (Wildman–Crippen LogP) is 3.66. The van der Waals surface area contributed by atoms with Crippen molar-refractivity contribution in [2.75, 3.05) is 23.8 Å². The van der Waals surface area contributed by atoms with Crippen LogP contribution in [0, 0.1) is 17.5 Å². The first kappa shape index (κ1) is 18.6. The Morgan fingerprint density at radius 3 is 2.69 bits per heavy atom. The van der Waals surface area contributed by atoms with Gasteiger partial charge in [0, 0.05) is 27.5 Å². The Morgan fingerprint density at radius 1 is 1.12 bits per heavy atom. The summed E-state index contributed by atoms with van der Waals surface area (Å²) in [5.74, 6) is -2.91. The monoisotopic (exact) mass is 450 g/mol. The molecule has 5 atom stereocenters. The van der Waals surface area contributed by atoms with Crippen LogP contribution in [-0.2, 0) is 4.74 Å². The molecule has 0 bridgehead atoms. The molecule has 1 aliphatic heterocycles. The van der Waals surface area contributed by atoms with Crippen LogP contribution in [0.5, 0.6) is 0 Å². The van der Waals surface area contributed by atoms with Gasteiger partial charge in [-0.15, -0.1) is 0 Å². The summed E-state index contributed by atoms with van der Waals surface area (Å²) in [5.41, 5.74) is 0.212. The maximum atomic E-state index is 14.3. The fourth-order valence-electron chi connectivity index (χ4n) is 3.98. The van der Waals surface area contributed by atoms with Gasteiger partial charge in [-0.1, -0.05) is 0 Å². The number of benzene rings is 1. The number of hydrogen-bond acceptors (Lipinski definition) is 7. The van der Waals surface area contributed by atoms with Crippen LogP contribution in [0.15, 0.2) is 18.3 Å². The topological polar surface area (TPSA) is 97.1 Å². The Morgan fingerprint density at radius 2 is 1.94 bits per heavy atom. The third-order valence-corrected chi connectivity index (χ3v) is 5.60. The summed E-state index contributed by atoms with van der Waals surface area (Å²) in [6.45, 7) is 0.839. The van der Waals surface area contributed by atoms with Crippen molar-refractivity contribution in [3.8, 4) is 0 Å². The largest absolute Gasteiger partial charge is 0.393 e. The summed E-state index contributed by atoms with van der Waals surface area (Å²) < 4.78 is 65.3. The second kappa shape index (κ2) is 8.55. The van der Waals surface area contributed by atoms with Crippen molar-refractivity contribution in [2.24, 2.45) is 0 Å². The number of anilines is 3. The molecule has 0 amide bonds. The number of aliphatic hydroxyl groups is 1. The number of imidazole rings is 1. The minimum atomic E-state index is -1.10. The van der Waals surface area contributed by atoms with E-state index in [0.717, 1.165) is 0 Å². The van der Waals surface area contributed by atoms with Crippen molar-refractivity contribution in [1.29, 1.82) is 0 Å². The number of halogens is 3. The summed E-state index contributed by atoms with van der Waals surface area (Å²) in [6, 6.07) is 0.524. The van der Waals surface area contributed by atoms with Crippen molar-refractivity contribution < 1.29 is 25.8 Å². The van der Waals surface area contributed by atoms with Gasteiger partial charge in [-0.2, -0.15) is 4.98 Å². The molecule has 0 radical (unpaired) electrons. The molecule has 1 saturated heterocycles. The number of nitrogens with zero attached hydrogens (tertiary/aromatic N) is 4. The van der Waals surface area contributed by atoms with Gasteiger partial charge in [0.15, 0.2) is 17.3 Å². The molecule has 1 saturated carbocycles. The summed E-state index contributed by atoms with van der Waals surface area (Å²) in [4.78, 5) is 13.2. The van der Waals surface area contributed by atoms with Gasteiger partial charge in [0.05, 0.1) is 24.9 Å². The number of fused-ring (bicyclic) bond motifs is 1. The molecule has 2 aliphatic rings. The minimum absolute atomic E-state index is 0.103. The second-order valence-corrected chi connectivity index (χ2v) is 7.88. The van der Waals surface area contributed by atoms with E-state index in [1.165, 1.54) is 6.20 Å². The molecule has 32 heavy (non-hydrogen) atoms. The van der Waals surface area contributed by atoms with Crippen LogP contribution in [0.3, 0.4) is 0 Å². The molecule has 11 heteroatoms. The van der Waals surface area contributed by atoms with Crippen molar-refractivity contribution >= 4 is 28.7 Å². The van der Waals surface area contributed by atoms with Crippen molar-refractivity contribution in [3.63, 3.8) is 0 Å². The number of hydrogen-bond donors (Lipinski definition) is 3. The molecule has 2 fully saturated rings. The third kappa shape index (κ3) is 4.09. The van der Waals surface area contributed by atoms with E-state index in [9.17, 15) is 18.3 Å². The van der Waals surface area contributed by atoms with Gasteiger partial charge in [-0.3, -0.25) is 4.57 Å². The summed E-state index contributed by atoms with van der Waals surface area (Å²) in [7, 11) is 0. The van der Waals surface area contributed by atoms with Crippen LogP contribution in [-0.4, -0.2) is 50.0 Å². The van der Waals surface area contributed by atoms with Gasteiger partial charge >= 0.3 is 0 Å². The zero-order valence-corrected chi connectivity index (χ0v) is 16.9. The van der Waals surface area contributed by atoms with Gasteiger partial charge in [0.1, 0.15) is 17.0 Å². The number of ether oxygens (including phenoxy) is 1. The summed E-state index contributed by atoms with van der Waals surface area (Å²) >= 11 is 0. The average Bonchev–Trinajstić information content (AvgIpc) is 3.43. The van der Waals surface area contributed by atoms with Crippen molar-refractivity contribution in [3.05, 3.63) is 35.8 Å². The first-order chi connectivity index (χ1) is 16.3. The smallest absolute Gasteiger partial charge is 0.224 e. The molecule has 170 valence electrons. The van der Waals surface area contributed by atoms with Gasteiger partial charge in [-0.05, 0) is 32.1 Å². The Bertz CT molecular complexity index is 1190. The molecule has 5 unspecified atom stereocenters. The van der Waals surface area contributed by atoms with Crippen LogP contribution < -0.4 is 10.6 Å². The van der Waals surface area contributed by atoms with E-state index in [0.29, 0.717) is 55.8 Å². The highest BCUT2D eigenvalue weighted by Gasteiger charge is 2.27. The van der Waals surface area contributed by atoms with Crippen LogP contribution in [0.25, 0.3) is 11.2 Å². The molecule has 8 nitrogen and oxygen atoms in total. The van der Waals surface area contributed by atoms with Crippen LogP contribution in [0.4, 0.5) is 30.8 Å². The Labute approximate surface area is 184 Å². The molecule has 3 aromatic rings. The maximum Gasteiger partial charge on any atom is 0.224 e. The number of aliphatic hydroxyl groups excluding tert-OH is 1. The van der Waals surface area contributed by atoms with Gasteiger partial charge < -0.3 is 20.5 Å². The highest BCUT2D eigenvalue weighted by Crippen LogP contribution is 2.32. The Kier molecular flexibility index (Phi) is 4.98. The molecule has 1 aliphatic carbocycles. The van der Waals surface area contributed by atoms with Crippen molar-refractivity contribution in [1.82, 2.24) is 19.5 Å². The van der Waals surface area contributed by atoms with E-state index in [-0.39, 0.29) is 17.9 Å². The zero-order chi connectivity index (χ0) is 24.0.